The quantitative estimate of drug-likeness (QED) is 0.780. The van der Waals surface area contributed by atoms with Crippen LogP contribution in [0.2, 0.25) is 0 Å². The second-order valence-electron chi connectivity index (χ2n) is 2.43. The predicted octanol–water partition coefficient (Wildman–Crippen LogP) is 3.42. The molecule has 11 heavy (non-hydrogen) atoms. The number of thiazole rings is 1. The van der Waals surface area contributed by atoms with Crippen LogP contribution in [-0.2, 0) is 12.8 Å². The molecule has 0 amide bonds. The monoisotopic (exact) mass is 233 g/mol. The van der Waals surface area contributed by atoms with Crippen molar-refractivity contribution < 1.29 is 0 Å². The van der Waals surface area contributed by atoms with Crippen LogP contribution in [0.1, 0.15) is 31.0 Å². The molecule has 62 valence electrons. The summed E-state index contributed by atoms with van der Waals surface area (Å²) < 4.78 is 1.22. The summed E-state index contributed by atoms with van der Waals surface area (Å²) >= 11 is 5.27. The van der Waals surface area contributed by atoms with Crippen LogP contribution in [0, 0.1) is 0 Å². The van der Waals surface area contributed by atoms with Gasteiger partial charge in [-0.25, -0.2) is 4.98 Å². The molecule has 0 saturated heterocycles. The average molecular weight is 234 g/mol. The molecule has 1 aromatic rings. The first-order valence-corrected chi connectivity index (χ1v) is 5.53. The molecule has 0 aliphatic rings. The molecule has 0 spiro atoms. The molecule has 1 nitrogen and oxygen atoms in total. The van der Waals surface area contributed by atoms with Gasteiger partial charge in [-0.2, -0.15) is 0 Å². The number of hydrogen-bond acceptors (Lipinski definition) is 2. The Kier molecular flexibility index (Phi) is 3.52. The molecule has 1 heterocycles. The van der Waals surface area contributed by atoms with E-state index in [9.17, 15) is 0 Å². The summed E-state index contributed by atoms with van der Waals surface area (Å²) in [5.74, 6) is 0. The Bertz CT molecular complexity index is 232. The van der Waals surface area contributed by atoms with Crippen molar-refractivity contribution in [3.8, 4) is 0 Å². The summed E-state index contributed by atoms with van der Waals surface area (Å²) in [5, 5.41) is 1.24. The van der Waals surface area contributed by atoms with Crippen LogP contribution in [0.15, 0.2) is 3.79 Å². The molecule has 0 unspecified atom stereocenters. The minimum Gasteiger partial charge on any atom is -0.245 e. The van der Waals surface area contributed by atoms with Gasteiger partial charge < -0.3 is 0 Å². The number of nitrogens with zero attached hydrogens (tertiary/aromatic N) is 1. The average Bonchev–Trinajstić information content (AvgIpc) is 2.33. The van der Waals surface area contributed by atoms with Crippen LogP contribution in [0.4, 0.5) is 0 Å². The fraction of sp³-hybridized carbons (Fsp3) is 0.625. The van der Waals surface area contributed by atoms with Gasteiger partial charge in [0, 0.05) is 0 Å². The summed E-state index contributed by atoms with van der Waals surface area (Å²) in [7, 11) is 0. The molecule has 0 aromatic carbocycles. The third kappa shape index (κ3) is 2.27. The lowest BCUT2D eigenvalue weighted by Gasteiger charge is -1.89. The van der Waals surface area contributed by atoms with Gasteiger partial charge >= 0.3 is 0 Å². The number of rotatable bonds is 3. The zero-order chi connectivity index (χ0) is 8.27. The molecule has 0 fully saturated rings. The first-order chi connectivity index (χ1) is 5.27. The smallest absolute Gasteiger partial charge is 0.0937 e. The van der Waals surface area contributed by atoms with Crippen LogP contribution in [0.5, 0.6) is 0 Å². The first-order valence-electron chi connectivity index (χ1n) is 3.92. The van der Waals surface area contributed by atoms with Crippen molar-refractivity contribution in [2.75, 3.05) is 0 Å². The molecule has 1 rings (SSSR count). The van der Waals surface area contributed by atoms with Crippen LogP contribution >= 0.6 is 27.3 Å². The van der Waals surface area contributed by atoms with Gasteiger partial charge in [-0.15, -0.1) is 11.3 Å². The third-order valence-electron chi connectivity index (χ3n) is 1.48. The highest BCUT2D eigenvalue weighted by atomic mass is 79.9. The highest BCUT2D eigenvalue weighted by Gasteiger charge is 2.05. The topological polar surface area (TPSA) is 12.9 Å². The Morgan fingerprint density at radius 3 is 2.64 bits per heavy atom. The largest absolute Gasteiger partial charge is 0.245 e. The summed E-state index contributed by atoms with van der Waals surface area (Å²) in [6.07, 6.45) is 3.32. The van der Waals surface area contributed by atoms with E-state index in [1.807, 2.05) is 0 Å². The van der Waals surface area contributed by atoms with Gasteiger partial charge in [-0.05, 0) is 28.8 Å². The number of hydrogen-bond donors (Lipinski definition) is 0. The lowest BCUT2D eigenvalue weighted by molar-refractivity contribution is 0.877. The zero-order valence-electron chi connectivity index (χ0n) is 6.85. The maximum absolute atomic E-state index is 4.49. The Hall–Kier alpha value is 0.110. The van der Waals surface area contributed by atoms with E-state index in [-0.39, 0.29) is 0 Å². The summed E-state index contributed by atoms with van der Waals surface area (Å²) in [6.45, 7) is 4.32. The molecule has 0 N–H and O–H groups in total. The molecule has 0 atom stereocenters. The van der Waals surface area contributed by atoms with Crippen molar-refractivity contribution in [3.05, 3.63) is 14.5 Å². The molecule has 3 heteroatoms. The summed E-state index contributed by atoms with van der Waals surface area (Å²) in [6, 6.07) is 0. The number of aromatic nitrogens is 1. The number of aryl methyl sites for hydroxylation is 2. The SMILES string of the molecule is CCCc1nc(CC)sc1Br. The van der Waals surface area contributed by atoms with E-state index < -0.39 is 0 Å². The normalized spacial score (nSPS) is 10.5. The van der Waals surface area contributed by atoms with Crippen molar-refractivity contribution in [2.24, 2.45) is 0 Å². The van der Waals surface area contributed by atoms with Gasteiger partial charge in [0.05, 0.1) is 14.5 Å². The van der Waals surface area contributed by atoms with Gasteiger partial charge in [0.15, 0.2) is 0 Å². The molecule has 0 saturated carbocycles. The first kappa shape index (κ1) is 9.20. The van der Waals surface area contributed by atoms with E-state index in [0.29, 0.717) is 0 Å². The number of halogens is 1. The van der Waals surface area contributed by atoms with Crippen molar-refractivity contribution in [1.29, 1.82) is 0 Å². The van der Waals surface area contributed by atoms with E-state index in [2.05, 4.69) is 34.8 Å². The highest BCUT2D eigenvalue weighted by Crippen LogP contribution is 2.25. The molecular formula is C8H12BrNS. The van der Waals surface area contributed by atoms with Crippen LogP contribution in [0.3, 0.4) is 0 Å². The van der Waals surface area contributed by atoms with Crippen molar-refractivity contribution in [1.82, 2.24) is 4.98 Å². The van der Waals surface area contributed by atoms with Crippen molar-refractivity contribution >= 4 is 27.3 Å². The second-order valence-corrected chi connectivity index (χ2v) is 4.83. The van der Waals surface area contributed by atoms with E-state index in [1.165, 1.54) is 20.9 Å². The molecule has 0 bridgehead atoms. The maximum atomic E-state index is 4.49. The Labute approximate surface area is 80.0 Å². The maximum Gasteiger partial charge on any atom is 0.0937 e. The van der Waals surface area contributed by atoms with Gasteiger partial charge in [0.2, 0.25) is 0 Å². The molecule has 0 aliphatic carbocycles. The minimum absolute atomic E-state index is 1.05. The molecule has 0 aliphatic heterocycles. The zero-order valence-corrected chi connectivity index (χ0v) is 9.26. The standard InChI is InChI=1S/C8H12BrNS/c1-3-5-6-8(9)11-7(4-2)10-6/h3-5H2,1-2H3. The fourth-order valence-electron chi connectivity index (χ4n) is 0.922. The van der Waals surface area contributed by atoms with Gasteiger partial charge in [-0.1, -0.05) is 20.3 Å². The third-order valence-corrected chi connectivity index (χ3v) is 3.46. The van der Waals surface area contributed by atoms with E-state index in [0.717, 1.165) is 12.8 Å². The van der Waals surface area contributed by atoms with Crippen molar-refractivity contribution in [2.45, 2.75) is 33.1 Å². The van der Waals surface area contributed by atoms with E-state index in [1.54, 1.807) is 11.3 Å². The van der Waals surface area contributed by atoms with Crippen LogP contribution in [-0.4, -0.2) is 4.98 Å². The molecular weight excluding hydrogens is 222 g/mol. The van der Waals surface area contributed by atoms with Gasteiger partial charge in [0.1, 0.15) is 0 Å². The summed E-state index contributed by atoms with van der Waals surface area (Å²) in [4.78, 5) is 4.49. The Balaban J connectivity index is 2.79. The van der Waals surface area contributed by atoms with Crippen LogP contribution in [0.25, 0.3) is 0 Å². The highest BCUT2D eigenvalue weighted by molar-refractivity contribution is 9.11. The molecule has 1 aromatic heterocycles. The van der Waals surface area contributed by atoms with Gasteiger partial charge in [-0.3, -0.25) is 0 Å². The fourth-order valence-corrected chi connectivity index (χ4v) is 2.54. The predicted molar refractivity (Wildman–Crippen MR) is 53.2 cm³/mol. The Morgan fingerprint density at radius 2 is 2.18 bits per heavy atom. The van der Waals surface area contributed by atoms with E-state index in [4.69, 9.17) is 0 Å². The van der Waals surface area contributed by atoms with Gasteiger partial charge in [0.25, 0.3) is 0 Å². The van der Waals surface area contributed by atoms with E-state index >= 15 is 0 Å². The minimum atomic E-state index is 1.05. The lowest BCUT2D eigenvalue weighted by atomic mass is 10.3. The molecule has 0 radical (unpaired) electrons. The van der Waals surface area contributed by atoms with Crippen LogP contribution < -0.4 is 0 Å². The second kappa shape index (κ2) is 4.21. The lowest BCUT2D eigenvalue weighted by Crippen LogP contribution is -1.84. The summed E-state index contributed by atoms with van der Waals surface area (Å²) in [5.41, 5.74) is 1.23. The van der Waals surface area contributed by atoms with Crippen molar-refractivity contribution in [3.63, 3.8) is 0 Å². The Morgan fingerprint density at radius 1 is 1.45 bits per heavy atom.